The molecule has 7 heteroatoms. The van der Waals surface area contributed by atoms with Gasteiger partial charge in [-0.2, -0.15) is 0 Å². The molecule has 2 aromatic rings. The topological polar surface area (TPSA) is 80.9 Å². The molecule has 0 spiro atoms. The van der Waals surface area contributed by atoms with E-state index < -0.39 is 0 Å². The first-order chi connectivity index (χ1) is 8.20. The van der Waals surface area contributed by atoms with E-state index in [1.54, 1.807) is 30.8 Å². The standard InChI is InChI=1S/C10H10N4OS2/c1-12-9(15)6-2-3-7(11)8(4-6)17-10-14-13-5-16-10/h2-5H,11H2,1H3,(H,12,15). The zero-order chi connectivity index (χ0) is 12.3. The van der Waals surface area contributed by atoms with Gasteiger partial charge in [-0.15, -0.1) is 10.2 Å². The number of hydrogen-bond donors (Lipinski definition) is 2. The molecule has 1 aromatic heterocycles. The van der Waals surface area contributed by atoms with E-state index in [1.165, 1.54) is 23.1 Å². The van der Waals surface area contributed by atoms with Crippen LogP contribution >= 0.6 is 23.1 Å². The summed E-state index contributed by atoms with van der Waals surface area (Å²) in [6.07, 6.45) is 0. The average molecular weight is 266 g/mol. The normalized spacial score (nSPS) is 10.2. The molecule has 0 saturated heterocycles. The van der Waals surface area contributed by atoms with Gasteiger partial charge in [0.1, 0.15) is 5.51 Å². The summed E-state index contributed by atoms with van der Waals surface area (Å²) in [6.45, 7) is 0. The summed E-state index contributed by atoms with van der Waals surface area (Å²) in [7, 11) is 1.59. The number of nitrogens with one attached hydrogen (secondary N) is 1. The number of amides is 1. The average Bonchev–Trinajstić information content (AvgIpc) is 2.84. The Balaban J connectivity index is 2.29. The zero-order valence-electron chi connectivity index (χ0n) is 9.01. The van der Waals surface area contributed by atoms with Gasteiger partial charge < -0.3 is 11.1 Å². The van der Waals surface area contributed by atoms with Crippen molar-refractivity contribution in [2.75, 3.05) is 12.8 Å². The third-order valence-electron chi connectivity index (χ3n) is 2.04. The molecule has 0 bridgehead atoms. The number of rotatable bonds is 3. The summed E-state index contributed by atoms with van der Waals surface area (Å²) in [5.41, 5.74) is 8.71. The number of hydrogen-bond acceptors (Lipinski definition) is 6. The molecular formula is C10H10N4OS2. The van der Waals surface area contributed by atoms with Crippen LogP contribution in [0, 0.1) is 0 Å². The van der Waals surface area contributed by atoms with Crippen molar-refractivity contribution >= 4 is 34.7 Å². The summed E-state index contributed by atoms with van der Waals surface area (Å²) < 4.78 is 0.797. The van der Waals surface area contributed by atoms with E-state index in [-0.39, 0.29) is 5.91 Å². The maximum atomic E-state index is 11.5. The molecule has 0 unspecified atom stereocenters. The summed E-state index contributed by atoms with van der Waals surface area (Å²) in [6, 6.07) is 5.16. The van der Waals surface area contributed by atoms with Gasteiger partial charge in [0, 0.05) is 23.2 Å². The quantitative estimate of drug-likeness (QED) is 0.825. The summed E-state index contributed by atoms with van der Waals surface area (Å²) in [5, 5.41) is 10.2. The van der Waals surface area contributed by atoms with E-state index >= 15 is 0 Å². The maximum Gasteiger partial charge on any atom is 0.251 e. The van der Waals surface area contributed by atoms with Crippen LogP contribution in [0.4, 0.5) is 5.69 Å². The molecule has 0 aliphatic rings. The highest BCUT2D eigenvalue weighted by molar-refractivity contribution is 8.01. The fraction of sp³-hybridized carbons (Fsp3) is 0.100. The van der Waals surface area contributed by atoms with Gasteiger partial charge >= 0.3 is 0 Å². The van der Waals surface area contributed by atoms with Gasteiger partial charge in [-0.1, -0.05) is 23.1 Å². The van der Waals surface area contributed by atoms with Crippen LogP contribution in [0.1, 0.15) is 10.4 Å². The zero-order valence-corrected chi connectivity index (χ0v) is 10.6. The molecule has 3 N–H and O–H groups in total. The van der Waals surface area contributed by atoms with Crippen molar-refractivity contribution in [3.63, 3.8) is 0 Å². The highest BCUT2D eigenvalue weighted by Gasteiger charge is 2.09. The van der Waals surface area contributed by atoms with Crippen LogP contribution in [0.2, 0.25) is 0 Å². The van der Waals surface area contributed by atoms with Crippen LogP contribution in [-0.4, -0.2) is 23.2 Å². The molecule has 1 aromatic carbocycles. The fourth-order valence-electron chi connectivity index (χ4n) is 1.21. The minimum Gasteiger partial charge on any atom is -0.398 e. The van der Waals surface area contributed by atoms with Gasteiger partial charge in [-0.3, -0.25) is 4.79 Å². The lowest BCUT2D eigenvalue weighted by molar-refractivity contribution is 0.0963. The lowest BCUT2D eigenvalue weighted by Gasteiger charge is -2.05. The number of carbonyl (C=O) groups is 1. The third kappa shape index (κ3) is 2.75. The van der Waals surface area contributed by atoms with Crippen LogP contribution in [0.5, 0.6) is 0 Å². The van der Waals surface area contributed by atoms with Crippen molar-refractivity contribution in [3.05, 3.63) is 29.3 Å². The smallest absolute Gasteiger partial charge is 0.251 e. The lowest BCUT2D eigenvalue weighted by Crippen LogP contribution is -2.17. The monoisotopic (exact) mass is 266 g/mol. The SMILES string of the molecule is CNC(=O)c1ccc(N)c(Sc2nncs2)c1. The van der Waals surface area contributed by atoms with E-state index in [0.29, 0.717) is 11.3 Å². The number of nitrogens with two attached hydrogens (primary N) is 1. The maximum absolute atomic E-state index is 11.5. The number of nitrogen functional groups attached to an aromatic ring is 1. The van der Waals surface area contributed by atoms with Gasteiger partial charge in [-0.25, -0.2) is 0 Å². The molecule has 0 aliphatic carbocycles. The number of aromatic nitrogens is 2. The van der Waals surface area contributed by atoms with Crippen LogP contribution in [0.3, 0.4) is 0 Å². The first-order valence-corrected chi connectivity index (χ1v) is 6.46. The first-order valence-electron chi connectivity index (χ1n) is 4.76. The van der Waals surface area contributed by atoms with Crippen molar-refractivity contribution in [2.24, 2.45) is 0 Å². The Morgan fingerprint density at radius 1 is 1.53 bits per heavy atom. The highest BCUT2D eigenvalue weighted by atomic mass is 32.2. The van der Waals surface area contributed by atoms with Crippen LogP contribution < -0.4 is 11.1 Å². The predicted molar refractivity (Wildman–Crippen MR) is 68.3 cm³/mol. The van der Waals surface area contributed by atoms with Crippen molar-refractivity contribution < 1.29 is 4.79 Å². The van der Waals surface area contributed by atoms with E-state index in [1.807, 2.05) is 0 Å². The molecule has 1 heterocycles. The molecule has 0 atom stereocenters. The largest absolute Gasteiger partial charge is 0.398 e. The second-order valence-electron chi connectivity index (χ2n) is 3.14. The number of nitrogens with zero attached hydrogens (tertiary/aromatic N) is 2. The van der Waals surface area contributed by atoms with Crippen LogP contribution in [0.15, 0.2) is 32.9 Å². The highest BCUT2D eigenvalue weighted by Crippen LogP contribution is 2.33. The Bertz CT molecular complexity index is 527. The molecule has 0 saturated carbocycles. The summed E-state index contributed by atoms with van der Waals surface area (Å²) in [5.74, 6) is -0.135. The van der Waals surface area contributed by atoms with Crippen LogP contribution in [-0.2, 0) is 0 Å². The molecule has 5 nitrogen and oxygen atoms in total. The first kappa shape index (κ1) is 11.9. The minimum atomic E-state index is -0.135. The van der Waals surface area contributed by atoms with Gasteiger partial charge in [0.15, 0.2) is 4.34 Å². The molecule has 88 valence electrons. The Hall–Kier alpha value is -1.60. The fourth-order valence-corrected chi connectivity index (χ4v) is 2.73. The van der Waals surface area contributed by atoms with E-state index in [4.69, 9.17) is 5.73 Å². The van der Waals surface area contributed by atoms with Gasteiger partial charge in [0.2, 0.25) is 0 Å². The van der Waals surface area contributed by atoms with E-state index in [2.05, 4.69) is 15.5 Å². The van der Waals surface area contributed by atoms with Crippen molar-refractivity contribution in [2.45, 2.75) is 9.24 Å². The predicted octanol–water partition coefficient (Wildman–Crippen LogP) is 1.63. The molecule has 0 aliphatic heterocycles. The van der Waals surface area contributed by atoms with Crippen molar-refractivity contribution in [3.8, 4) is 0 Å². The van der Waals surface area contributed by atoms with Gasteiger partial charge in [0.25, 0.3) is 5.91 Å². The Kier molecular flexibility index (Phi) is 3.60. The lowest BCUT2D eigenvalue weighted by atomic mass is 10.2. The van der Waals surface area contributed by atoms with Crippen molar-refractivity contribution in [1.82, 2.24) is 15.5 Å². The third-order valence-corrected chi connectivity index (χ3v) is 3.89. The Labute approximate surface area is 106 Å². The molecule has 17 heavy (non-hydrogen) atoms. The summed E-state index contributed by atoms with van der Waals surface area (Å²) in [4.78, 5) is 12.3. The molecule has 0 fully saturated rings. The molecule has 2 rings (SSSR count). The minimum absolute atomic E-state index is 0.135. The van der Waals surface area contributed by atoms with Gasteiger partial charge in [-0.05, 0) is 18.2 Å². The van der Waals surface area contributed by atoms with Crippen molar-refractivity contribution in [1.29, 1.82) is 0 Å². The second-order valence-corrected chi connectivity index (χ2v) is 5.26. The number of carbonyl (C=O) groups excluding carboxylic acids is 1. The Morgan fingerprint density at radius 3 is 3.00 bits per heavy atom. The molecule has 0 radical (unpaired) electrons. The van der Waals surface area contributed by atoms with E-state index in [9.17, 15) is 4.79 Å². The number of benzene rings is 1. The molecular weight excluding hydrogens is 256 g/mol. The second kappa shape index (κ2) is 5.15. The van der Waals surface area contributed by atoms with Gasteiger partial charge in [0.05, 0.1) is 0 Å². The van der Waals surface area contributed by atoms with E-state index in [0.717, 1.165) is 9.24 Å². The summed E-state index contributed by atoms with van der Waals surface area (Å²) >= 11 is 2.83. The molecule has 1 amide bonds. The Morgan fingerprint density at radius 2 is 2.35 bits per heavy atom. The number of anilines is 1. The van der Waals surface area contributed by atoms with Crippen LogP contribution in [0.25, 0.3) is 0 Å².